The number of imidazole rings is 1. The number of nitrogens with zero attached hydrogens (tertiary/aromatic N) is 4. The van der Waals surface area contributed by atoms with Crippen LogP contribution in [0.25, 0.3) is 0 Å². The number of aromatic nitrogens is 2. The summed E-state index contributed by atoms with van der Waals surface area (Å²) in [5.74, 6) is -1.13. The Morgan fingerprint density at radius 2 is 1.79 bits per heavy atom. The number of hydrogen-bond acceptors (Lipinski definition) is 7. The van der Waals surface area contributed by atoms with Crippen LogP contribution < -0.4 is 10.6 Å². The lowest BCUT2D eigenvalue weighted by Gasteiger charge is -2.32. The maximum absolute atomic E-state index is 13.5. The third kappa shape index (κ3) is 4.94. The Morgan fingerprint density at radius 1 is 1.09 bits per heavy atom. The van der Waals surface area contributed by atoms with Crippen molar-refractivity contribution in [2.45, 2.75) is 69.1 Å². The zero-order valence-corrected chi connectivity index (χ0v) is 19.9. The molecule has 4 rings (SSSR count). The van der Waals surface area contributed by atoms with E-state index in [1.54, 1.807) is 26.9 Å². The van der Waals surface area contributed by atoms with Crippen LogP contribution in [0.4, 0.5) is 0 Å². The summed E-state index contributed by atoms with van der Waals surface area (Å²) >= 11 is 0. The quantitative estimate of drug-likeness (QED) is 0.503. The zero-order valence-electron chi connectivity index (χ0n) is 19.9. The van der Waals surface area contributed by atoms with Gasteiger partial charge in [-0.15, -0.1) is 0 Å². The monoisotopic (exact) mass is 474 g/mol. The molecule has 0 aliphatic carbocycles. The smallest absolute Gasteiger partial charge is 0.328 e. The van der Waals surface area contributed by atoms with Gasteiger partial charge < -0.3 is 29.7 Å². The molecule has 0 bridgehead atoms. The van der Waals surface area contributed by atoms with Crippen molar-refractivity contribution >= 4 is 23.7 Å². The van der Waals surface area contributed by atoms with Gasteiger partial charge in [-0.2, -0.15) is 0 Å². The first-order valence-corrected chi connectivity index (χ1v) is 12.1. The van der Waals surface area contributed by atoms with Crippen LogP contribution in [0.15, 0.2) is 12.5 Å². The van der Waals surface area contributed by atoms with Crippen molar-refractivity contribution < 1.29 is 23.9 Å². The number of likely N-dealkylation sites (tertiary alicyclic amines) is 2. The number of amides is 3. The van der Waals surface area contributed by atoms with Gasteiger partial charge in [-0.25, -0.2) is 9.78 Å². The summed E-state index contributed by atoms with van der Waals surface area (Å²) in [6, 6.07) is -2.31. The van der Waals surface area contributed by atoms with Crippen LogP contribution in [0.3, 0.4) is 0 Å². The number of hydrogen-bond donors (Lipinski definition) is 2. The Balaban J connectivity index is 1.43. The highest BCUT2D eigenvalue weighted by Crippen LogP contribution is 2.26. The van der Waals surface area contributed by atoms with Gasteiger partial charge >= 0.3 is 5.97 Å². The molecule has 3 fully saturated rings. The number of nitrogens with one attached hydrogen (secondary N) is 2. The highest BCUT2D eigenvalue weighted by atomic mass is 16.5. The summed E-state index contributed by atoms with van der Waals surface area (Å²) in [5, 5.41) is 6.01. The SMILES string of the molecule is COC(=O)[C@H](Cc1cncn1C)NC(=O)[C@@H]1CCCN1C(=O)[C@H]1CCCN1C(=O)[C@@H]1CCCN1. The lowest BCUT2D eigenvalue weighted by molar-refractivity contribution is -0.149. The maximum atomic E-state index is 13.5. The minimum atomic E-state index is -0.886. The minimum absolute atomic E-state index is 0.0181. The number of carbonyl (C=O) groups excluding carboxylic acids is 4. The van der Waals surface area contributed by atoms with E-state index in [1.165, 1.54) is 7.11 Å². The van der Waals surface area contributed by atoms with Gasteiger partial charge in [-0.3, -0.25) is 14.4 Å². The van der Waals surface area contributed by atoms with Gasteiger partial charge in [-0.05, 0) is 45.1 Å². The molecule has 3 aliphatic heterocycles. The summed E-state index contributed by atoms with van der Waals surface area (Å²) in [7, 11) is 3.09. The largest absolute Gasteiger partial charge is 0.467 e. The van der Waals surface area contributed by atoms with Crippen molar-refractivity contribution in [2.24, 2.45) is 7.05 Å². The summed E-state index contributed by atoms with van der Waals surface area (Å²) in [6.07, 6.45) is 7.82. The highest BCUT2D eigenvalue weighted by molar-refractivity contribution is 5.95. The van der Waals surface area contributed by atoms with Gasteiger partial charge in [0.15, 0.2) is 0 Å². The molecule has 2 N–H and O–H groups in total. The maximum Gasteiger partial charge on any atom is 0.328 e. The fourth-order valence-electron chi connectivity index (χ4n) is 5.27. The van der Waals surface area contributed by atoms with Gasteiger partial charge in [0.25, 0.3) is 0 Å². The Kier molecular flexibility index (Phi) is 7.50. The highest BCUT2D eigenvalue weighted by Gasteiger charge is 2.44. The van der Waals surface area contributed by atoms with Crippen molar-refractivity contribution in [1.29, 1.82) is 0 Å². The van der Waals surface area contributed by atoms with Gasteiger partial charge in [-0.1, -0.05) is 0 Å². The molecule has 3 saturated heterocycles. The fourth-order valence-corrected chi connectivity index (χ4v) is 5.27. The van der Waals surface area contributed by atoms with Crippen LogP contribution in [0.5, 0.6) is 0 Å². The molecule has 3 amide bonds. The van der Waals surface area contributed by atoms with Crippen LogP contribution in [-0.2, 0) is 37.4 Å². The predicted octanol–water partition coefficient (Wildman–Crippen LogP) is -0.646. The first-order valence-electron chi connectivity index (χ1n) is 12.1. The summed E-state index contributed by atoms with van der Waals surface area (Å²) in [6.45, 7) is 1.84. The standard InChI is InChI=1S/C23H34N6O5/c1-27-14-24-13-15(27)12-17(23(33)34-2)26-20(30)18-7-4-10-28(18)22(32)19-8-5-11-29(19)21(31)16-6-3-9-25-16/h13-14,16-19,25H,3-12H2,1-2H3,(H,26,30)/t16-,17-,18-,19+/m0/s1. The minimum Gasteiger partial charge on any atom is -0.467 e. The van der Waals surface area contributed by atoms with Crippen molar-refractivity contribution in [3.8, 4) is 0 Å². The molecule has 4 heterocycles. The van der Waals surface area contributed by atoms with E-state index in [0.717, 1.165) is 31.5 Å². The van der Waals surface area contributed by atoms with Crippen LogP contribution >= 0.6 is 0 Å². The van der Waals surface area contributed by atoms with E-state index in [1.807, 2.05) is 7.05 Å². The molecule has 3 aliphatic rings. The zero-order chi connectivity index (χ0) is 24.2. The molecule has 4 atom stereocenters. The van der Waals surface area contributed by atoms with Gasteiger partial charge in [0.1, 0.15) is 18.1 Å². The molecule has 34 heavy (non-hydrogen) atoms. The number of aryl methyl sites for hydroxylation is 1. The number of ether oxygens (including phenoxy) is 1. The summed E-state index contributed by atoms with van der Waals surface area (Å²) in [4.78, 5) is 59.4. The predicted molar refractivity (Wildman–Crippen MR) is 121 cm³/mol. The van der Waals surface area contributed by atoms with E-state index in [2.05, 4.69) is 15.6 Å². The first kappa shape index (κ1) is 24.2. The second-order valence-corrected chi connectivity index (χ2v) is 9.31. The molecule has 0 radical (unpaired) electrons. The topological polar surface area (TPSA) is 126 Å². The lowest BCUT2D eigenvalue weighted by Crippen LogP contribution is -2.56. The fraction of sp³-hybridized carbons (Fsp3) is 0.696. The number of rotatable bonds is 7. The second kappa shape index (κ2) is 10.5. The van der Waals surface area contributed by atoms with Crippen LogP contribution in [0.2, 0.25) is 0 Å². The van der Waals surface area contributed by atoms with Gasteiger partial charge in [0, 0.05) is 38.4 Å². The van der Waals surface area contributed by atoms with Crippen molar-refractivity contribution in [1.82, 2.24) is 30.0 Å². The van der Waals surface area contributed by atoms with Crippen LogP contribution in [0, 0.1) is 0 Å². The number of carbonyl (C=O) groups is 4. The first-order chi connectivity index (χ1) is 16.4. The Bertz CT molecular complexity index is 927. The summed E-state index contributed by atoms with van der Waals surface area (Å²) < 4.78 is 6.67. The third-order valence-corrected chi connectivity index (χ3v) is 7.15. The summed E-state index contributed by atoms with van der Waals surface area (Å²) in [5.41, 5.74) is 0.774. The van der Waals surface area contributed by atoms with Crippen molar-refractivity contribution in [2.75, 3.05) is 26.7 Å². The van der Waals surface area contributed by atoms with E-state index in [4.69, 9.17) is 4.74 Å². The average Bonchev–Trinajstić information content (AvgIpc) is 3.64. The Hall–Kier alpha value is -2.95. The average molecular weight is 475 g/mol. The third-order valence-electron chi connectivity index (χ3n) is 7.15. The van der Waals surface area contributed by atoms with Gasteiger partial charge in [0.2, 0.25) is 17.7 Å². The Morgan fingerprint density at radius 3 is 2.41 bits per heavy atom. The molecule has 0 aromatic carbocycles. The van der Waals surface area contributed by atoms with Gasteiger partial charge in [0.05, 0.1) is 19.5 Å². The Labute approximate surface area is 199 Å². The van der Waals surface area contributed by atoms with Crippen LogP contribution in [-0.4, -0.2) is 94.0 Å². The van der Waals surface area contributed by atoms with E-state index in [0.29, 0.717) is 32.4 Å². The number of esters is 1. The molecular formula is C23H34N6O5. The van der Waals surface area contributed by atoms with Crippen LogP contribution in [0.1, 0.15) is 44.2 Å². The van der Waals surface area contributed by atoms with E-state index >= 15 is 0 Å². The molecule has 0 spiro atoms. The molecule has 11 nitrogen and oxygen atoms in total. The molecule has 0 saturated carbocycles. The van der Waals surface area contributed by atoms with Crippen molar-refractivity contribution in [3.63, 3.8) is 0 Å². The normalized spacial score (nSPS) is 25.4. The molecule has 186 valence electrons. The lowest BCUT2D eigenvalue weighted by atomic mass is 10.1. The van der Waals surface area contributed by atoms with E-state index in [-0.39, 0.29) is 30.2 Å². The second-order valence-electron chi connectivity index (χ2n) is 9.31. The molecule has 0 unspecified atom stereocenters. The molecular weight excluding hydrogens is 440 g/mol. The van der Waals surface area contributed by atoms with Crippen molar-refractivity contribution in [3.05, 3.63) is 18.2 Å². The van der Waals surface area contributed by atoms with E-state index < -0.39 is 24.1 Å². The molecule has 1 aromatic rings. The molecule has 11 heteroatoms. The van der Waals surface area contributed by atoms with E-state index in [9.17, 15) is 19.2 Å². The number of methoxy groups -OCH3 is 1. The molecule has 1 aromatic heterocycles.